The Kier molecular flexibility index (Phi) is 6.79. The van der Waals surface area contributed by atoms with Crippen LogP contribution in [-0.4, -0.2) is 77.4 Å². The molecule has 10 heteroatoms. The molecule has 1 amide bonds. The van der Waals surface area contributed by atoms with Crippen molar-refractivity contribution in [3.63, 3.8) is 0 Å². The maximum atomic E-state index is 12.5. The van der Waals surface area contributed by atoms with Gasteiger partial charge in [0.15, 0.2) is 5.58 Å². The summed E-state index contributed by atoms with van der Waals surface area (Å²) in [7, 11) is 0. The molecule has 2 aliphatic heterocycles. The van der Waals surface area contributed by atoms with E-state index in [2.05, 4.69) is 14.9 Å². The van der Waals surface area contributed by atoms with E-state index in [9.17, 15) is 9.59 Å². The quantitative estimate of drug-likeness (QED) is 0.560. The first-order valence-corrected chi connectivity index (χ1v) is 12.2. The molecule has 0 atom stereocenters. The van der Waals surface area contributed by atoms with Crippen LogP contribution in [0.25, 0.3) is 11.1 Å². The number of piperazine rings is 1. The summed E-state index contributed by atoms with van der Waals surface area (Å²) in [6.07, 6.45) is 0.567. The average Bonchev–Trinajstić information content (AvgIpc) is 3.46. The van der Waals surface area contributed by atoms with Gasteiger partial charge >= 0.3 is 11.8 Å². The molecule has 5 rings (SSSR count). The molecule has 35 heavy (non-hydrogen) atoms. The van der Waals surface area contributed by atoms with Gasteiger partial charge in [0.1, 0.15) is 6.61 Å². The third-order valence-electron chi connectivity index (χ3n) is 6.39. The van der Waals surface area contributed by atoms with Gasteiger partial charge in [-0.25, -0.2) is 9.59 Å². The lowest BCUT2D eigenvalue weighted by Crippen LogP contribution is -2.50. The van der Waals surface area contributed by atoms with Gasteiger partial charge in [0.2, 0.25) is 0 Å². The molecule has 2 aromatic carbocycles. The molecular weight excluding hydrogens is 470 g/mol. The Bertz CT molecular complexity index is 1290. The van der Waals surface area contributed by atoms with Crippen LogP contribution in [0.4, 0.5) is 4.79 Å². The fourth-order valence-corrected chi connectivity index (χ4v) is 4.85. The van der Waals surface area contributed by atoms with Crippen molar-refractivity contribution in [3.05, 3.63) is 68.7 Å². The molecule has 0 radical (unpaired) electrons. The number of hydrazone groups is 1. The van der Waals surface area contributed by atoms with Gasteiger partial charge in [-0.1, -0.05) is 23.7 Å². The fraction of sp³-hybridized carbons (Fsp3) is 0.400. The van der Waals surface area contributed by atoms with Crippen LogP contribution in [0, 0.1) is 6.92 Å². The van der Waals surface area contributed by atoms with E-state index in [1.165, 1.54) is 0 Å². The van der Waals surface area contributed by atoms with Crippen molar-refractivity contribution in [1.82, 2.24) is 19.8 Å². The Hall–Kier alpha value is -3.30. The van der Waals surface area contributed by atoms with E-state index in [4.69, 9.17) is 25.9 Å². The summed E-state index contributed by atoms with van der Waals surface area (Å²) in [4.78, 5) is 30.6. The average molecular weight is 498 g/mol. The van der Waals surface area contributed by atoms with Crippen molar-refractivity contribution >= 4 is 34.5 Å². The largest absolute Gasteiger partial charge is 0.445 e. The number of nitrogens with zero attached hydrogens (tertiary/aromatic N) is 4. The van der Waals surface area contributed by atoms with Crippen molar-refractivity contribution < 1.29 is 13.9 Å². The number of rotatable bonds is 6. The van der Waals surface area contributed by atoms with Gasteiger partial charge in [0, 0.05) is 62.8 Å². The van der Waals surface area contributed by atoms with Crippen LogP contribution in [0.2, 0.25) is 5.02 Å². The number of halogens is 1. The van der Waals surface area contributed by atoms with Crippen LogP contribution < -0.4 is 5.76 Å². The number of carbonyl (C=O) groups excluding carboxylic acids is 1. The van der Waals surface area contributed by atoms with Crippen LogP contribution in [0.5, 0.6) is 0 Å². The maximum Gasteiger partial charge on any atom is 0.417 e. The van der Waals surface area contributed by atoms with Crippen molar-refractivity contribution in [1.29, 1.82) is 0 Å². The standard InChI is InChI=1S/C25H28ClN5O4/c1-17-12-18(14-20(26)13-17)16-34-25(33)30-9-6-29(7-10-30)8-11-31-5-4-21(28-31)19-2-3-22-23(15-19)35-24(32)27-22/h2-3,12-15H,4-11,16H2,1H3,(H,27,32). The van der Waals surface area contributed by atoms with Gasteiger partial charge in [-0.3, -0.25) is 14.9 Å². The van der Waals surface area contributed by atoms with Crippen LogP contribution >= 0.6 is 11.6 Å². The van der Waals surface area contributed by atoms with E-state index in [-0.39, 0.29) is 12.7 Å². The minimum atomic E-state index is -0.448. The van der Waals surface area contributed by atoms with Gasteiger partial charge < -0.3 is 14.1 Å². The highest BCUT2D eigenvalue weighted by Crippen LogP contribution is 2.19. The molecule has 0 aliphatic carbocycles. The predicted molar refractivity (Wildman–Crippen MR) is 134 cm³/mol. The van der Waals surface area contributed by atoms with Crippen LogP contribution in [0.15, 0.2) is 50.7 Å². The molecule has 3 aromatic rings. The molecule has 0 unspecified atom stereocenters. The summed E-state index contributed by atoms with van der Waals surface area (Å²) in [6, 6.07) is 11.3. The molecule has 1 fully saturated rings. The first kappa shape index (κ1) is 23.4. The van der Waals surface area contributed by atoms with Gasteiger partial charge in [-0.05, 0) is 42.3 Å². The van der Waals surface area contributed by atoms with Crippen molar-refractivity contribution in [2.24, 2.45) is 5.10 Å². The lowest BCUT2D eigenvalue weighted by molar-refractivity contribution is 0.0693. The molecule has 1 N–H and O–H groups in total. The number of fused-ring (bicyclic) bond motifs is 1. The molecule has 2 aliphatic rings. The van der Waals surface area contributed by atoms with Crippen LogP contribution in [-0.2, 0) is 11.3 Å². The summed E-state index contributed by atoms with van der Waals surface area (Å²) in [5.41, 5.74) is 5.15. The van der Waals surface area contributed by atoms with E-state index in [0.29, 0.717) is 29.2 Å². The highest BCUT2D eigenvalue weighted by Gasteiger charge is 2.23. The molecule has 9 nitrogen and oxygen atoms in total. The molecule has 0 spiro atoms. The van der Waals surface area contributed by atoms with E-state index < -0.39 is 5.76 Å². The Morgan fingerprint density at radius 2 is 1.94 bits per heavy atom. The number of amides is 1. The summed E-state index contributed by atoms with van der Waals surface area (Å²) < 4.78 is 10.7. The molecule has 0 bridgehead atoms. The number of aromatic amines is 1. The lowest BCUT2D eigenvalue weighted by atomic mass is 10.1. The number of oxazole rings is 1. The Morgan fingerprint density at radius 3 is 2.74 bits per heavy atom. The van der Waals surface area contributed by atoms with Gasteiger partial charge in [-0.2, -0.15) is 5.10 Å². The number of nitrogens with one attached hydrogen (secondary N) is 1. The second-order valence-electron chi connectivity index (χ2n) is 9.00. The number of benzene rings is 2. The van der Waals surface area contributed by atoms with Gasteiger partial charge in [-0.15, -0.1) is 0 Å². The van der Waals surface area contributed by atoms with E-state index >= 15 is 0 Å². The Morgan fingerprint density at radius 1 is 1.11 bits per heavy atom. The zero-order valence-electron chi connectivity index (χ0n) is 19.6. The van der Waals surface area contributed by atoms with Crippen LogP contribution in [0.1, 0.15) is 23.1 Å². The third-order valence-corrected chi connectivity index (χ3v) is 6.61. The monoisotopic (exact) mass is 497 g/mol. The third kappa shape index (κ3) is 5.68. The first-order valence-electron chi connectivity index (χ1n) is 11.8. The van der Waals surface area contributed by atoms with Crippen molar-refractivity contribution in [2.75, 3.05) is 45.8 Å². The number of hydrogen-bond donors (Lipinski definition) is 1. The number of aryl methyl sites for hydroxylation is 1. The number of aromatic nitrogens is 1. The number of carbonyl (C=O) groups is 1. The van der Waals surface area contributed by atoms with Crippen LogP contribution in [0.3, 0.4) is 0 Å². The second-order valence-corrected chi connectivity index (χ2v) is 9.43. The zero-order chi connectivity index (χ0) is 24.4. The number of ether oxygens (including phenoxy) is 1. The highest BCUT2D eigenvalue weighted by atomic mass is 35.5. The molecule has 3 heterocycles. The van der Waals surface area contributed by atoms with Gasteiger partial charge in [0.05, 0.1) is 11.2 Å². The van der Waals surface area contributed by atoms with E-state index in [1.807, 2.05) is 43.3 Å². The summed E-state index contributed by atoms with van der Waals surface area (Å²) in [6.45, 7) is 7.65. The second kappa shape index (κ2) is 10.1. The normalized spacial score (nSPS) is 16.7. The minimum absolute atomic E-state index is 0.221. The first-order chi connectivity index (χ1) is 16.9. The molecule has 1 saturated heterocycles. The predicted octanol–water partition coefficient (Wildman–Crippen LogP) is 3.45. The Balaban J connectivity index is 1.06. The SMILES string of the molecule is Cc1cc(Cl)cc(COC(=O)N2CCN(CCN3CCC(c4ccc5[nH]c(=O)oc5c4)=N3)CC2)c1. The number of hydrogen-bond acceptors (Lipinski definition) is 7. The maximum absolute atomic E-state index is 12.5. The zero-order valence-corrected chi connectivity index (χ0v) is 20.4. The Labute approximate surface area is 207 Å². The fourth-order valence-electron chi connectivity index (χ4n) is 4.54. The molecule has 0 saturated carbocycles. The smallest absolute Gasteiger partial charge is 0.417 e. The topological polar surface area (TPSA) is 94.4 Å². The van der Waals surface area contributed by atoms with Gasteiger partial charge in [0.25, 0.3) is 0 Å². The molecule has 184 valence electrons. The summed E-state index contributed by atoms with van der Waals surface area (Å²) in [5, 5.41) is 7.50. The summed E-state index contributed by atoms with van der Waals surface area (Å²) >= 11 is 6.08. The highest BCUT2D eigenvalue weighted by molar-refractivity contribution is 6.30. The number of H-pyrrole nitrogens is 1. The van der Waals surface area contributed by atoms with E-state index in [1.54, 1.807) is 4.90 Å². The molecule has 1 aromatic heterocycles. The van der Waals surface area contributed by atoms with E-state index in [0.717, 1.165) is 61.5 Å². The van der Waals surface area contributed by atoms with Crippen molar-refractivity contribution in [2.45, 2.75) is 20.0 Å². The molecular formula is C25H28ClN5O4. The van der Waals surface area contributed by atoms with Crippen molar-refractivity contribution in [3.8, 4) is 0 Å². The minimum Gasteiger partial charge on any atom is -0.445 e. The lowest BCUT2D eigenvalue weighted by Gasteiger charge is -2.34. The summed E-state index contributed by atoms with van der Waals surface area (Å²) in [5.74, 6) is -0.448.